The predicted molar refractivity (Wildman–Crippen MR) is 126 cm³/mol. The number of aryl methyl sites for hydroxylation is 2. The second kappa shape index (κ2) is 8.93. The van der Waals surface area contributed by atoms with Gasteiger partial charge in [-0.05, 0) is 37.1 Å². The van der Waals surface area contributed by atoms with E-state index in [1.54, 1.807) is 12.3 Å². The zero-order chi connectivity index (χ0) is 23.7. The number of hydrogen-bond donors (Lipinski definition) is 2. The number of amides is 1. The summed E-state index contributed by atoms with van der Waals surface area (Å²) >= 11 is 0. The van der Waals surface area contributed by atoms with Gasteiger partial charge in [-0.3, -0.25) is 9.48 Å². The Morgan fingerprint density at radius 3 is 2.85 bits per heavy atom. The minimum atomic E-state index is -0.620. The van der Waals surface area contributed by atoms with Crippen LogP contribution in [0.3, 0.4) is 0 Å². The third-order valence-electron chi connectivity index (χ3n) is 5.81. The smallest absolute Gasteiger partial charge is 0.255 e. The lowest BCUT2D eigenvalue weighted by Gasteiger charge is -2.36. The normalized spacial score (nSPS) is 15.1. The van der Waals surface area contributed by atoms with E-state index in [0.29, 0.717) is 36.0 Å². The average molecular weight is 451 g/mol. The molecule has 0 bridgehead atoms. The fourth-order valence-corrected chi connectivity index (χ4v) is 3.95. The second-order valence-corrected chi connectivity index (χ2v) is 8.13. The van der Waals surface area contributed by atoms with Crippen LogP contribution in [-0.2, 0) is 22.6 Å². The summed E-state index contributed by atoms with van der Waals surface area (Å²) in [5, 5.41) is 10.7. The first-order valence-electron chi connectivity index (χ1n) is 10.5. The van der Waals surface area contributed by atoms with Crippen molar-refractivity contribution in [2.45, 2.75) is 33.0 Å². The quantitative estimate of drug-likeness (QED) is 0.535. The SMILES string of the molecule is C=C(OC)[C@H]1C(=O)Nc2c(cc(NCc3cnn(Cc4ccc(F)cc4C)c3)nc2C)N1C. The molecule has 0 spiro atoms. The number of nitrogens with one attached hydrogen (secondary N) is 2. The molecule has 172 valence electrons. The molecule has 1 aromatic carbocycles. The van der Waals surface area contributed by atoms with E-state index in [2.05, 4.69) is 27.3 Å². The van der Waals surface area contributed by atoms with Gasteiger partial charge < -0.3 is 20.3 Å². The fourth-order valence-electron chi connectivity index (χ4n) is 3.95. The van der Waals surface area contributed by atoms with Gasteiger partial charge in [0.25, 0.3) is 5.91 Å². The minimum Gasteiger partial charge on any atom is -0.499 e. The topological polar surface area (TPSA) is 84.3 Å². The van der Waals surface area contributed by atoms with Crippen LogP contribution < -0.4 is 15.5 Å². The summed E-state index contributed by atoms with van der Waals surface area (Å²) in [6.45, 7) is 8.69. The van der Waals surface area contributed by atoms with Gasteiger partial charge >= 0.3 is 0 Å². The lowest BCUT2D eigenvalue weighted by atomic mass is 10.1. The number of rotatable bonds is 7. The van der Waals surface area contributed by atoms with Gasteiger partial charge in [-0.2, -0.15) is 5.10 Å². The van der Waals surface area contributed by atoms with Crippen LogP contribution in [0.15, 0.2) is 49.0 Å². The maximum atomic E-state index is 13.3. The molecule has 0 fully saturated rings. The maximum absolute atomic E-state index is 13.3. The molecule has 4 rings (SSSR count). The Bertz CT molecular complexity index is 1220. The van der Waals surface area contributed by atoms with E-state index in [1.165, 1.54) is 19.2 Å². The molecule has 3 aromatic rings. The molecule has 3 heterocycles. The van der Waals surface area contributed by atoms with Crippen molar-refractivity contribution in [1.82, 2.24) is 14.8 Å². The molecule has 1 atom stereocenters. The van der Waals surface area contributed by atoms with Gasteiger partial charge in [-0.25, -0.2) is 9.37 Å². The van der Waals surface area contributed by atoms with Crippen LogP contribution in [0.4, 0.5) is 21.6 Å². The highest BCUT2D eigenvalue weighted by atomic mass is 19.1. The zero-order valence-corrected chi connectivity index (χ0v) is 19.1. The Morgan fingerprint density at radius 2 is 2.12 bits per heavy atom. The van der Waals surface area contributed by atoms with Crippen LogP contribution in [0, 0.1) is 19.7 Å². The third kappa shape index (κ3) is 4.52. The fraction of sp³-hybridized carbons (Fsp3) is 0.292. The Hall–Kier alpha value is -3.88. The van der Waals surface area contributed by atoms with Crippen molar-refractivity contribution < 1.29 is 13.9 Å². The number of nitrogens with zero attached hydrogens (tertiary/aromatic N) is 4. The number of carbonyl (C=O) groups is 1. The summed E-state index contributed by atoms with van der Waals surface area (Å²) in [4.78, 5) is 18.9. The summed E-state index contributed by atoms with van der Waals surface area (Å²) in [5.74, 6) is 0.607. The zero-order valence-electron chi connectivity index (χ0n) is 19.1. The van der Waals surface area contributed by atoms with Crippen molar-refractivity contribution in [2.24, 2.45) is 0 Å². The van der Waals surface area contributed by atoms with E-state index in [-0.39, 0.29) is 11.7 Å². The highest BCUT2D eigenvalue weighted by Gasteiger charge is 2.35. The molecule has 1 aliphatic heterocycles. The van der Waals surface area contributed by atoms with Crippen molar-refractivity contribution in [2.75, 3.05) is 29.7 Å². The van der Waals surface area contributed by atoms with E-state index in [9.17, 15) is 9.18 Å². The maximum Gasteiger partial charge on any atom is 0.255 e. The van der Waals surface area contributed by atoms with E-state index in [1.807, 2.05) is 42.7 Å². The summed E-state index contributed by atoms with van der Waals surface area (Å²) in [5.41, 5.74) is 5.11. The molecule has 2 aromatic heterocycles. The van der Waals surface area contributed by atoms with Crippen LogP contribution in [0.25, 0.3) is 0 Å². The molecule has 0 aliphatic carbocycles. The van der Waals surface area contributed by atoms with Crippen LogP contribution in [0.2, 0.25) is 0 Å². The summed E-state index contributed by atoms with van der Waals surface area (Å²) in [6, 6.07) is 6.04. The Labute approximate surface area is 192 Å². The Balaban J connectivity index is 1.48. The second-order valence-electron chi connectivity index (χ2n) is 8.13. The first kappa shape index (κ1) is 22.3. The molecular weight excluding hydrogens is 423 g/mol. The summed E-state index contributed by atoms with van der Waals surface area (Å²) in [6.07, 6.45) is 3.74. The summed E-state index contributed by atoms with van der Waals surface area (Å²) in [7, 11) is 3.33. The van der Waals surface area contributed by atoms with Gasteiger partial charge in [0.05, 0.1) is 36.9 Å². The number of aromatic nitrogens is 3. The molecule has 0 saturated carbocycles. The lowest BCUT2D eigenvalue weighted by Crippen LogP contribution is -2.47. The number of likely N-dealkylation sites (N-methyl/N-ethyl adjacent to an activating group) is 1. The molecule has 0 unspecified atom stereocenters. The van der Waals surface area contributed by atoms with Gasteiger partial charge in [0, 0.05) is 31.4 Å². The van der Waals surface area contributed by atoms with E-state index in [4.69, 9.17) is 4.74 Å². The van der Waals surface area contributed by atoms with Gasteiger partial charge in [0.15, 0.2) is 6.04 Å². The van der Waals surface area contributed by atoms with E-state index in [0.717, 1.165) is 22.4 Å². The van der Waals surface area contributed by atoms with Gasteiger partial charge in [0.2, 0.25) is 0 Å². The molecule has 0 radical (unpaired) electrons. The first-order chi connectivity index (χ1) is 15.8. The largest absolute Gasteiger partial charge is 0.499 e. The monoisotopic (exact) mass is 450 g/mol. The number of hydrogen-bond acceptors (Lipinski definition) is 6. The van der Waals surface area contributed by atoms with Crippen molar-refractivity contribution >= 4 is 23.1 Å². The highest BCUT2D eigenvalue weighted by molar-refractivity contribution is 6.05. The Kier molecular flexibility index (Phi) is 6.04. The molecule has 1 amide bonds. The minimum absolute atomic E-state index is 0.203. The lowest BCUT2D eigenvalue weighted by molar-refractivity contribution is -0.117. The van der Waals surface area contributed by atoms with E-state index < -0.39 is 6.04 Å². The molecule has 8 nitrogen and oxygen atoms in total. The predicted octanol–water partition coefficient (Wildman–Crippen LogP) is 3.61. The standard InChI is InChI=1S/C24H27FN6O2/c1-14-8-19(25)7-6-18(14)13-31-12-17(11-27-31)10-26-21-9-20-22(15(2)28-21)29-24(32)23(30(20)4)16(3)33-5/h6-9,11-12,23H,3,10,13H2,1-2,4-5H3,(H,26,28)(H,29,32)/t23-/m0/s1. The van der Waals surface area contributed by atoms with Crippen molar-refractivity contribution in [1.29, 1.82) is 0 Å². The number of anilines is 3. The molecule has 1 aliphatic rings. The number of pyridine rings is 1. The number of methoxy groups -OCH3 is 1. The number of fused-ring (bicyclic) bond motifs is 1. The average Bonchev–Trinajstić information content (AvgIpc) is 3.22. The third-order valence-corrected chi connectivity index (χ3v) is 5.81. The number of carbonyl (C=O) groups excluding carboxylic acids is 1. The highest BCUT2D eigenvalue weighted by Crippen LogP contribution is 2.36. The van der Waals surface area contributed by atoms with Crippen LogP contribution in [-0.4, -0.2) is 40.9 Å². The molecular formula is C24H27FN6O2. The van der Waals surface area contributed by atoms with Crippen molar-refractivity contribution in [3.63, 3.8) is 0 Å². The molecule has 0 saturated heterocycles. The van der Waals surface area contributed by atoms with Gasteiger partial charge in [0.1, 0.15) is 17.4 Å². The van der Waals surface area contributed by atoms with Gasteiger partial charge in [-0.15, -0.1) is 0 Å². The number of ether oxygens (including phenoxy) is 1. The van der Waals surface area contributed by atoms with Crippen LogP contribution in [0.1, 0.15) is 22.4 Å². The number of benzene rings is 1. The van der Waals surface area contributed by atoms with Crippen LogP contribution >= 0.6 is 0 Å². The van der Waals surface area contributed by atoms with Gasteiger partial charge in [-0.1, -0.05) is 12.6 Å². The van der Waals surface area contributed by atoms with E-state index >= 15 is 0 Å². The molecule has 2 N–H and O–H groups in total. The number of halogens is 1. The summed E-state index contributed by atoms with van der Waals surface area (Å²) < 4.78 is 20.4. The van der Waals surface area contributed by atoms with Crippen LogP contribution in [0.5, 0.6) is 0 Å². The van der Waals surface area contributed by atoms with Crippen molar-refractivity contribution in [3.8, 4) is 0 Å². The first-order valence-corrected chi connectivity index (χ1v) is 10.5. The molecule has 33 heavy (non-hydrogen) atoms. The van der Waals surface area contributed by atoms with Crippen molar-refractivity contribution in [3.05, 3.63) is 77.2 Å². The molecule has 9 heteroatoms. The Morgan fingerprint density at radius 1 is 1.33 bits per heavy atom.